The van der Waals surface area contributed by atoms with Crippen molar-refractivity contribution in [2.45, 2.75) is 25.0 Å². The third-order valence-corrected chi connectivity index (χ3v) is 6.68. The summed E-state index contributed by atoms with van der Waals surface area (Å²) >= 11 is 1.75. The Morgan fingerprint density at radius 2 is 1.71 bits per heavy atom. The largest absolute Gasteiger partial charge is 0.363 e. The Bertz CT molecular complexity index is 1060. The molecular formula is C24H24N2OS. The minimum Gasteiger partial charge on any atom is -0.363 e. The molecule has 1 aliphatic rings. The number of ether oxygens (including phenoxy) is 1. The molecule has 0 N–H and O–H groups in total. The maximum absolute atomic E-state index is 6.71. The van der Waals surface area contributed by atoms with Crippen LogP contribution in [0.15, 0.2) is 66.7 Å². The van der Waals surface area contributed by atoms with E-state index in [4.69, 9.17) is 9.72 Å². The van der Waals surface area contributed by atoms with Gasteiger partial charge in [-0.1, -0.05) is 48.5 Å². The molecule has 3 nitrogen and oxygen atoms in total. The number of benzene rings is 3. The fourth-order valence-electron chi connectivity index (χ4n) is 3.97. The monoisotopic (exact) mass is 388 g/mol. The first-order valence-electron chi connectivity index (χ1n) is 9.94. The number of para-hydroxylation sites is 1. The summed E-state index contributed by atoms with van der Waals surface area (Å²) in [5, 5.41) is 3.56. The van der Waals surface area contributed by atoms with Gasteiger partial charge < -0.3 is 9.64 Å². The number of fused-ring (bicyclic) bond motifs is 2. The molecule has 0 amide bonds. The van der Waals surface area contributed by atoms with Crippen molar-refractivity contribution in [1.82, 2.24) is 9.88 Å². The van der Waals surface area contributed by atoms with Gasteiger partial charge in [0, 0.05) is 13.1 Å². The topological polar surface area (TPSA) is 25.4 Å². The third-order valence-electron chi connectivity index (χ3n) is 5.61. The van der Waals surface area contributed by atoms with Crippen LogP contribution in [0, 0.1) is 0 Å². The molecule has 4 aromatic rings. The molecule has 28 heavy (non-hydrogen) atoms. The highest BCUT2D eigenvalue weighted by Gasteiger charge is 2.26. The Balaban J connectivity index is 1.54. The van der Waals surface area contributed by atoms with Crippen molar-refractivity contribution in [3.05, 3.63) is 77.3 Å². The molecule has 0 spiro atoms. The summed E-state index contributed by atoms with van der Waals surface area (Å²) in [6, 6.07) is 23.5. The molecule has 1 saturated heterocycles. The van der Waals surface area contributed by atoms with Crippen molar-refractivity contribution in [3.8, 4) is 0 Å². The lowest BCUT2D eigenvalue weighted by Gasteiger charge is -2.31. The number of thiazole rings is 1. The van der Waals surface area contributed by atoms with Gasteiger partial charge in [0.05, 0.1) is 16.3 Å². The maximum Gasteiger partial charge on any atom is 0.134 e. The van der Waals surface area contributed by atoms with Crippen LogP contribution < -0.4 is 0 Å². The highest BCUT2D eigenvalue weighted by molar-refractivity contribution is 7.18. The molecule has 1 aromatic heterocycles. The zero-order valence-corrected chi connectivity index (χ0v) is 16.9. The van der Waals surface area contributed by atoms with Gasteiger partial charge >= 0.3 is 0 Å². The zero-order chi connectivity index (χ0) is 18.9. The molecule has 1 fully saturated rings. The normalized spacial score (nSPS) is 17.3. The van der Waals surface area contributed by atoms with E-state index in [1.165, 1.54) is 21.0 Å². The molecule has 1 unspecified atom stereocenters. The van der Waals surface area contributed by atoms with Crippen molar-refractivity contribution in [2.24, 2.45) is 0 Å². The fourth-order valence-corrected chi connectivity index (χ4v) is 5.00. The van der Waals surface area contributed by atoms with Crippen LogP contribution in [0.1, 0.15) is 29.5 Å². The molecule has 142 valence electrons. The summed E-state index contributed by atoms with van der Waals surface area (Å²) < 4.78 is 7.93. The number of aromatic nitrogens is 1. The van der Waals surface area contributed by atoms with Crippen LogP contribution in [0.5, 0.6) is 0 Å². The number of piperidine rings is 1. The molecule has 4 heteroatoms. The number of likely N-dealkylation sites (tertiary alicyclic amines) is 1. The summed E-state index contributed by atoms with van der Waals surface area (Å²) in [5.41, 5.74) is 2.25. The average molecular weight is 389 g/mol. The van der Waals surface area contributed by atoms with Crippen LogP contribution in [0.4, 0.5) is 0 Å². The highest BCUT2D eigenvalue weighted by atomic mass is 32.1. The Kier molecular flexibility index (Phi) is 4.85. The lowest BCUT2D eigenvalue weighted by Crippen LogP contribution is -2.35. The van der Waals surface area contributed by atoms with Crippen molar-refractivity contribution in [1.29, 1.82) is 0 Å². The predicted molar refractivity (Wildman–Crippen MR) is 117 cm³/mol. The molecule has 1 aliphatic heterocycles. The fraction of sp³-hybridized carbons (Fsp3) is 0.292. The SMILES string of the molecule is CN1CCC(OC(c2ccc3ccccc3c2)c2nc3ccccc3s2)CC1. The van der Waals surface area contributed by atoms with Gasteiger partial charge in [0.2, 0.25) is 0 Å². The Hall–Kier alpha value is -2.27. The van der Waals surface area contributed by atoms with E-state index in [9.17, 15) is 0 Å². The van der Waals surface area contributed by atoms with Crippen molar-refractivity contribution < 1.29 is 4.74 Å². The summed E-state index contributed by atoms with van der Waals surface area (Å²) in [7, 11) is 2.19. The molecule has 0 aliphatic carbocycles. The van der Waals surface area contributed by atoms with Gasteiger partial charge in [0.15, 0.2) is 0 Å². The van der Waals surface area contributed by atoms with Gasteiger partial charge in [0.1, 0.15) is 11.1 Å². The molecule has 5 rings (SSSR count). The minimum absolute atomic E-state index is 0.115. The second-order valence-corrected chi connectivity index (χ2v) is 8.71. The lowest BCUT2D eigenvalue weighted by atomic mass is 10.0. The van der Waals surface area contributed by atoms with Crippen LogP contribution in [-0.4, -0.2) is 36.1 Å². The third kappa shape index (κ3) is 3.55. The molecule has 0 saturated carbocycles. The van der Waals surface area contributed by atoms with E-state index in [0.29, 0.717) is 0 Å². The summed E-state index contributed by atoms with van der Waals surface area (Å²) in [4.78, 5) is 7.31. The van der Waals surface area contributed by atoms with Gasteiger partial charge in [-0.3, -0.25) is 0 Å². The molecule has 2 heterocycles. The van der Waals surface area contributed by atoms with Crippen molar-refractivity contribution in [2.75, 3.05) is 20.1 Å². The molecule has 0 bridgehead atoms. The molecular weight excluding hydrogens is 364 g/mol. The average Bonchev–Trinajstić information content (AvgIpc) is 3.17. The Labute approximate surface area is 169 Å². The van der Waals surface area contributed by atoms with Gasteiger partial charge in [-0.05, 0) is 54.4 Å². The van der Waals surface area contributed by atoms with E-state index in [-0.39, 0.29) is 12.2 Å². The Morgan fingerprint density at radius 3 is 2.54 bits per heavy atom. The van der Waals surface area contributed by atoms with E-state index in [1.807, 2.05) is 0 Å². The second kappa shape index (κ2) is 7.63. The smallest absolute Gasteiger partial charge is 0.134 e. The van der Waals surface area contributed by atoms with Gasteiger partial charge in [-0.25, -0.2) is 4.98 Å². The van der Waals surface area contributed by atoms with Gasteiger partial charge in [-0.15, -0.1) is 11.3 Å². The Morgan fingerprint density at radius 1 is 0.964 bits per heavy atom. The quantitative estimate of drug-likeness (QED) is 0.452. The molecule has 3 aromatic carbocycles. The summed E-state index contributed by atoms with van der Waals surface area (Å²) in [6.45, 7) is 2.18. The van der Waals surface area contributed by atoms with E-state index in [1.54, 1.807) is 11.3 Å². The molecule has 1 atom stereocenters. The number of nitrogens with zero attached hydrogens (tertiary/aromatic N) is 2. The predicted octanol–water partition coefficient (Wildman–Crippen LogP) is 5.65. The van der Waals surface area contributed by atoms with E-state index < -0.39 is 0 Å². The minimum atomic E-state index is -0.115. The van der Waals surface area contributed by atoms with Crippen LogP contribution in [0.3, 0.4) is 0 Å². The first kappa shape index (κ1) is 17.8. The van der Waals surface area contributed by atoms with Crippen LogP contribution in [0.25, 0.3) is 21.0 Å². The first-order valence-corrected chi connectivity index (χ1v) is 10.8. The summed E-state index contributed by atoms with van der Waals surface area (Å²) in [5.74, 6) is 0. The maximum atomic E-state index is 6.71. The van der Waals surface area contributed by atoms with E-state index >= 15 is 0 Å². The number of hydrogen-bond donors (Lipinski definition) is 0. The summed E-state index contributed by atoms with van der Waals surface area (Å²) in [6.07, 6.45) is 2.31. The molecule has 0 radical (unpaired) electrons. The van der Waals surface area contributed by atoms with E-state index in [0.717, 1.165) is 36.5 Å². The number of hydrogen-bond acceptors (Lipinski definition) is 4. The first-order chi connectivity index (χ1) is 13.8. The van der Waals surface area contributed by atoms with E-state index in [2.05, 4.69) is 78.7 Å². The van der Waals surface area contributed by atoms with Crippen LogP contribution >= 0.6 is 11.3 Å². The van der Waals surface area contributed by atoms with Crippen molar-refractivity contribution >= 4 is 32.3 Å². The van der Waals surface area contributed by atoms with Crippen molar-refractivity contribution in [3.63, 3.8) is 0 Å². The van der Waals surface area contributed by atoms with Gasteiger partial charge in [0.25, 0.3) is 0 Å². The highest BCUT2D eigenvalue weighted by Crippen LogP contribution is 2.36. The van der Waals surface area contributed by atoms with Crippen LogP contribution in [-0.2, 0) is 4.74 Å². The lowest BCUT2D eigenvalue weighted by molar-refractivity contribution is -0.0234. The second-order valence-electron chi connectivity index (χ2n) is 7.65. The zero-order valence-electron chi connectivity index (χ0n) is 16.0. The number of rotatable bonds is 4. The van der Waals surface area contributed by atoms with Gasteiger partial charge in [-0.2, -0.15) is 0 Å². The standard InChI is InChI=1S/C24H24N2OS/c1-26-14-12-20(13-15-26)27-23(24-25-21-8-4-5-9-22(21)28-24)19-11-10-17-6-2-3-7-18(17)16-19/h2-11,16,20,23H,12-15H2,1H3. The van der Waals surface area contributed by atoms with Crippen LogP contribution in [0.2, 0.25) is 0 Å².